The molecule has 6 aromatic carbocycles. The lowest BCUT2D eigenvalue weighted by atomic mass is 9.78. The molecule has 0 atom stereocenters. The van der Waals surface area contributed by atoms with Gasteiger partial charge in [-0.15, -0.1) is 0 Å². The van der Waals surface area contributed by atoms with E-state index in [1.807, 2.05) is 24.3 Å². The summed E-state index contributed by atoms with van der Waals surface area (Å²) < 4.78 is 26.3. The maximum atomic E-state index is 9.19. The molecular weight excluding hydrogens is 779 g/mol. The monoisotopic (exact) mass is 822 g/mol. The molecule has 3 aliphatic rings. The third kappa shape index (κ3) is 8.63. The molecule has 0 radical (unpaired) electrons. The van der Waals surface area contributed by atoms with E-state index in [1.54, 1.807) is 12.1 Å². The lowest BCUT2D eigenvalue weighted by molar-refractivity contribution is 0.00578. The predicted molar refractivity (Wildman–Crippen MR) is 221 cm³/mol. The van der Waals surface area contributed by atoms with Crippen LogP contribution >= 0.6 is 31.9 Å². The van der Waals surface area contributed by atoms with Gasteiger partial charge in [-0.2, -0.15) is 0 Å². The van der Waals surface area contributed by atoms with Gasteiger partial charge in [0.15, 0.2) is 0 Å². The van der Waals surface area contributed by atoms with Crippen molar-refractivity contribution in [1.82, 2.24) is 0 Å². The number of hydrogen-bond donors (Lipinski definition) is 1. The van der Waals surface area contributed by atoms with Crippen molar-refractivity contribution in [2.75, 3.05) is 0 Å². The number of phenols is 1. The fourth-order valence-electron chi connectivity index (χ4n) is 6.28. The second-order valence-electron chi connectivity index (χ2n) is 15.0. The number of rotatable bonds is 5. The molecule has 5 nitrogen and oxygen atoms in total. The molecule has 6 aromatic rings. The van der Waals surface area contributed by atoms with Crippen LogP contribution in [0.1, 0.15) is 66.2 Å². The molecule has 3 fully saturated rings. The van der Waals surface area contributed by atoms with Crippen molar-refractivity contribution in [2.24, 2.45) is 0 Å². The van der Waals surface area contributed by atoms with E-state index < -0.39 is 0 Å². The highest BCUT2D eigenvalue weighted by Crippen LogP contribution is 2.37. The van der Waals surface area contributed by atoms with Gasteiger partial charge in [0, 0.05) is 8.95 Å². The summed E-state index contributed by atoms with van der Waals surface area (Å²) in [6, 6.07) is 36.6. The summed E-state index contributed by atoms with van der Waals surface area (Å²) in [6.45, 7) is 8.33. The third-order valence-electron chi connectivity index (χ3n) is 10.6. The summed E-state index contributed by atoms with van der Waals surface area (Å²) >= 11 is 6.87. The van der Waals surface area contributed by atoms with Crippen LogP contribution in [-0.2, 0) is 9.31 Å². The van der Waals surface area contributed by atoms with Gasteiger partial charge >= 0.3 is 7.12 Å². The van der Waals surface area contributed by atoms with Crippen LogP contribution in [0.25, 0.3) is 32.3 Å². The molecule has 1 heterocycles. The smallest absolute Gasteiger partial charge is 0.494 e. The summed E-state index contributed by atoms with van der Waals surface area (Å²) in [6.07, 6.45) is 8.23. The van der Waals surface area contributed by atoms with Crippen molar-refractivity contribution in [3.05, 3.63) is 118 Å². The minimum Gasteiger partial charge on any atom is -0.508 e. The average Bonchev–Trinajstić information content (AvgIpc) is 3.31. The van der Waals surface area contributed by atoms with E-state index in [0.29, 0.717) is 18.0 Å². The Morgan fingerprint density at radius 3 is 1.42 bits per heavy atom. The minimum absolute atomic E-state index is 0.310. The Balaban J connectivity index is 0.000000130. The quantitative estimate of drug-likeness (QED) is 0.176. The first kappa shape index (κ1) is 36.8. The van der Waals surface area contributed by atoms with E-state index in [9.17, 15) is 5.11 Å². The zero-order chi connectivity index (χ0) is 36.5. The molecule has 0 spiro atoms. The van der Waals surface area contributed by atoms with Gasteiger partial charge in [0.25, 0.3) is 0 Å². The van der Waals surface area contributed by atoms with Gasteiger partial charge in [0.05, 0.1) is 23.4 Å². The van der Waals surface area contributed by atoms with Crippen LogP contribution in [0.4, 0.5) is 0 Å². The van der Waals surface area contributed by atoms with Crippen LogP contribution < -0.4 is 14.9 Å². The fourth-order valence-corrected chi connectivity index (χ4v) is 7.03. The van der Waals surface area contributed by atoms with E-state index in [1.165, 1.54) is 60.1 Å². The minimum atomic E-state index is -0.315. The number of benzene rings is 6. The molecule has 8 heteroatoms. The molecule has 1 N–H and O–H groups in total. The maximum Gasteiger partial charge on any atom is 0.494 e. The van der Waals surface area contributed by atoms with Gasteiger partial charge in [-0.3, -0.25) is 0 Å². The Hall–Kier alpha value is -3.56. The van der Waals surface area contributed by atoms with E-state index in [0.717, 1.165) is 36.7 Å². The summed E-state index contributed by atoms with van der Waals surface area (Å²) in [4.78, 5) is 0. The number of aromatic hydroxyl groups is 1. The second-order valence-corrected chi connectivity index (χ2v) is 16.9. The fraction of sp³-hybridized carbons (Fsp3) is 0.318. The molecule has 9 rings (SSSR count). The molecule has 2 saturated carbocycles. The zero-order valence-corrected chi connectivity index (χ0v) is 33.4. The molecule has 1 aliphatic heterocycles. The second kappa shape index (κ2) is 15.4. The van der Waals surface area contributed by atoms with E-state index in [-0.39, 0.29) is 18.3 Å². The Bertz CT molecular complexity index is 2140. The average molecular weight is 824 g/mol. The molecular formula is C44H45BBr2O5. The van der Waals surface area contributed by atoms with Gasteiger partial charge in [-0.05, 0) is 165 Å². The molecule has 0 amide bonds. The van der Waals surface area contributed by atoms with Crippen LogP contribution in [0.3, 0.4) is 0 Å². The van der Waals surface area contributed by atoms with Crippen molar-refractivity contribution in [3.63, 3.8) is 0 Å². The zero-order valence-electron chi connectivity index (χ0n) is 30.2. The van der Waals surface area contributed by atoms with Gasteiger partial charge in [-0.1, -0.05) is 80.4 Å². The molecule has 0 unspecified atom stereocenters. The Labute approximate surface area is 324 Å². The van der Waals surface area contributed by atoms with Gasteiger partial charge in [-0.25, -0.2) is 0 Å². The van der Waals surface area contributed by atoms with E-state index in [2.05, 4.69) is 132 Å². The van der Waals surface area contributed by atoms with Crippen molar-refractivity contribution in [3.8, 4) is 17.2 Å². The number of phenolic OH excluding ortho intramolecular Hbond substituents is 1. The topological polar surface area (TPSA) is 57.2 Å². The highest BCUT2D eigenvalue weighted by molar-refractivity contribution is 9.10. The summed E-state index contributed by atoms with van der Waals surface area (Å²) in [5.41, 5.74) is 0.439. The van der Waals surface area contributed by atoms with Crippen LogP contribution in [0.5, 0.6) is 17.2 Å². The largest absolute Gasteiger partial charge is 0.508 e. The van der Waals surface area contributed by atoms with Gasteiger partial charge in [0.1, 0.15) is 17.2 Å². The SMILES string of the molecule is Brc1ccc2cc(OC3CCC3)ccc2c1.CC1(C)OB(c2ccc3cc(OC4CCC4)ccc3c2)OC1(C)C.Oc1ccc2cc(Br)ccc2c1. The summed E-state index contributed by atoms with van der Waals surface area (Å²) in [5.74, 6) is 2.28. The normalized spacial score (nSPS) is 17.8. The Kier molecular flexibility index (Phi) is 10.9. The number of hydrogen-bond acceptors (Lipinski definition) is 5. The van der Waals surface area contributed by atoms with E-state index >= 15 is 0 Å². The maximum absolute atomic E-state index is 9.19. The van der Waals surface area contributed by atoms with Crippen molar-refractivity contribution in [2.45, 2.75) is 89.6 Å². The number of fused-ring (bicyclic) bond motifs is 3. The lowest BCUT2D eigenvalue weighted by Crippen LogP contribution is -2.41. The van der Waals surface area contributed by atoms with Crippen molar-refractivity contribution < 1.29 is 23.9 Å². The summed E-state index contributed by atoms with van der Waals surface area (Å²) in [5, 5.41) is 16.2. The first-order valence-electron chi connectivity index (χ1n) is 18.2. The molecule has 52 heavy (non-hydrogen) atoms. The van der Waals surface area contributed by atoms with Crippen molar-refractivity contribution in [1.29, 1.82) is 0 Å². The van der Waals surface area contributed by atoms with Crippen LogP contribution in [0, 0.1) is 0 Å². The van der Waals surface area contributed by atoms with Crippen molar-refractivity contribution >= 4 is 76.8 Å². The molecule has 0 aromatic heterocycles. The molecule has 2 aliphatic carbocycles. The standard InChI is InChI=1S/C20H25BO3.C14H13BrO.C10H7BrO/c1-19(2)20(3,4)24-21(23-19)16-10-8-15-13-18(11-9-14(15)12-16)22-17-6-5-7-17;15-12-6-4-11-9-14(7-5-10(11)8-12)16-13-2-1-3-13;11-9-3-1-8-6-10(12)4-2-7(8)5-9/h8-13,17H,5-7H2,1-4H3;4-9,13H,1-3H2;1-6,12H. The van der Waals surface area contributed by atoms with Crippen LogP contribution in [-0.4, -0.2) is 35.6 Å². The van der Waals surface area contributed by atoms with E-state index in [4.69, 9.17) is 18.8 Å². The molecule has 0 bridgehead atoms. The van der Waals surface area contributed by atoms with Gasteiger partial charge < -0.3 is 23.9 Å². The van der Waals surface area contributed by atoms with Crippen LogP contribution in [0.15, 0.2) is 118 Å². The first-order valence-corrected chi connectivity index (χ1v) is 19.8. The number of halogens is 2. The Morgan fingerprint density at radius 2 is 0.942 bits per heavy atom. The predicted octanol–water partition coefficient (Wildman–Crippen LogP) is 11.9. The number of ether oxygens (including phenoxy) is 2. The van der Waals surface area contributed by atoms with Gasteiger partial charge in [0.2, 0.25) is 0 Å². The van der Waals surface area contributed by atoms with Crippen LogP contribution in [0.2, 0.25) is 0 Å². The highest BCUT2D eigenvalue weighted by Gasteiger charge is 2.51. The Morgan fingerprint density at radius 1 is 0.538 bits per heavy atom. The molecule has 1 saturated heterocycles. The summed E-state index contributed by atoms with van der Waals surface area (Å²) in [7, 11) is -0.315. The molecule has 268 valence electrons. The highest BCUT2D eigenvalue weighted by atomic mass is 79.9. The lowest BCUT2D eigenvalue weighted by Gasteiger charge is -2.32. The first-order chi connectivity index (χ1) is 24.9. The third-order valence-corrected chi connectivity index (χ3v) is 11.6.